The van der Waals surface area contributed by atoms with Gasteiger partial charge in [-0.25, -0.2) is 0 Å². The van der Waals surface area contributed by atoms with E-state index in [1.807, 2.05) is 43.8 Å². The molecule has 0 aliphatic rings. The van der Waals surface area contributed by atoms with Crippen LogP contribution in [0.2, 0.25) is 0 Å². The summed E-state index contributed by atoms with van der Waals surface area (Å²) >= 11 is 0. The fourth-order valence-corrected chi connectivity index (χ4v) is 2.51. The third-order valence-corrected chi connectivity index (χ3v) is 4.01. The number of aryl methyl sites for hydroxylation is 3. The van der Waals surface area contributed by atoms with Crippen LogP contribution in [0.3, 0.4) is 0 Å². The molecule has 0 aliphatic heterocycles. The zero-order valence-corrected chi connectivity index (χ0v) is 14.4. The molecule has 2 rings (SSSR count). The Morgan fingerprint density at radius 3 is 2.52 bits per heavy atom. The summed E-state index contributed by atoms with van der Waals surface area (Å²) in [5, 5.41) is 7.23. The molecule has 0 spiro atoms. The Labute approximate surface area is 138 Å². The molecule has 2 aromatic rings. The number of anilines is 1. The van der Waals surface area contributed by atoms with Crippen molar-refractivity contribution in [3.8, 4) is 0 Å². The maximum Gasteiger partial charge on any atom is 0.248 e. The second-order valence-corrected chi connectivity index (χ2v) is 5.83. The number of nitrogens with one attached hydrogen (secondary N) is 1. The summed E-state index contributed by atoms with van der Waals surface area (Å²) in [6.07, 6.45) is 6.85. The van der Waals surface area contributed by atoms with Gasteiger partial charge in [0.1, 0.15) is 0 Å². The number of rotatable bonds is 6. The highest BCUT2D eigenvalue weighted by Gasteiger charge is 2.06. The molecule has 0 atom stereocenters. The lowest BCUT2D eigenvalue weighted by molar-refractivity contribution is -0.111. The largest absolute Gasteiger partial charge is 0.323 e. The van der Waals surface area contributed by atoms with E-state index in [9.17, 15) is 4.79 Å². The number of amides is 1. The van der Waals surface area contributed by atoms with Crippen molar-refractivity contribution in [2.75, 3.05) is 5.32 Å². The molecule has 1 amide bonds. The van der Waals surface area contributed by atoms with Gasteiger partial charge in [0.05, 0.1) is 5.69 Å². The first-order valence-corrected chi connectivity index (χ1v) is 8.09. The average Bonchev–Trinajstić information content (AvgIpc) is 2.77. The second-order valence-electron chi connectivity index (χ2n) is 5.83. The molecule has 0 aliphatic carbocycles. The average molecular weight is 311 g/mol. The Kier molecular flexibility index (Phi) is 5.74. The van der Waals surface area contributed by atoms with Gasteiger partial charge >= 0.3 is 0 Å². The molecule has 0 unspecified atom stereocenters. The Morgan fingerprint density at radius 1 is 1.26 bits per heavy atom. The van der Waals surface area contributed by atoms with Crippen LogP contribution in [0.1, 0.15) is 42.3 Å². The van der Waals surface area contributed by atoms with E-state index in [0.29, 0.717) is 0 Å². The quantitative estimate of drug-likeness (QED) is 0.819. The highest BCUT2D eigenvalue weighted by molar-refractivity contribution is 6.02. The van der Waals surface area contributed by atoms with Crippen molar-refractivity contribution >= 4 is 17.7 Å². The van der Waals surface area contributed by atoms with Gasteiger partial charge in [-0.1, -0.05) is 25.5 Å². The summed E-state index contributed by atoms with van der Waals surface area (Å²) in [4.78, 5) is 12.0. The molecule has 1 N–H and O–H groups in total. The lowest BCUT2D eigenvalue weighted by Gasteiger charge is -2.04. The van der Waals surface area contributed by atoms with Crippen LogP contribution in [0, 0.1) is 13.8 Å². The summed E-state index contributed by atoms with van der Waals surface area (Å²) in [6, 6.07) is 8.06. The van der Waals surface area contributed by atoms with Gasteiger partial charge < -0.3 is 5.32 Å². The summed E-state index contributed by atoms with van der Waals surface area (Å²) < 4.78 is 1.82. The van der Waals surface area contributed by atoms with Gasteiger partial charge in [0.25, 0.3) is 0 Å². The van der Waals surface area contributed by atoms with Gasteiger partial charge in [-0.3, -0.25) is 9.48 Å². The van der Waals surface area contributed by atoms with Crippen LogP contribution in [-0.4, -0.2) is 15.7 Å². The third kappa shape index (κ3) is 4.55. The van der Waals surface area contributed by atoms with Crippen molar-refractivity contribution < 1.29 is 4.79 Å². The van der Waals surface area contributed by atoms with E-state index in [4.69, 9.17) is 0 Å². The summed E-state index contributed by atoms with van der Waals surface area (Å²) in [6.45, 7) is 6.12. The van der Waals surface area contributed by atoms with Gasteiger partial charge in [0.15, 0.2) is 0 Å². The predicted molar refractivity (Wildman–Crippen MR) is 95.4 cm³/mol. The first kappa shape index (κ1) is 17.0. The van der Waals surface area contributed by atoms with E-state index in [1.165, 1.54) is 18.4 Å². The zero-order valence-electron chi connectivity index (χ0n) is 14.4. The molecule has 23 heavy (non-hydrogen) atoms. The minimum absolute atomic E-state index is 0.131. The molecule has 4 nitrogen and oxygen atoms in total. The fourth-order valence-electron chi connectivity index (χ4n) is 2.51. The number of carbonyl (C=O) groups excluding carboxylic acids is 1. The molecule has 1 heterocycles. The van der Waals surface area contributed by atoms with Crippen molar-refractivity contribution in [2.45, 2.75) is 40.0 Å². The molecule has 0 fully saturated rings. The van der Waals surface area contributed by atoms with Gasteiger partial charge in [-0.15, -0.1) is 0 Å². The van der Waals surface area contributed by atoms with Crippen LogP contribution in [0.15, 0.2) is 30.3 Å². The molecule has 122 valence electrons. The minimum atomic E-state index is -0.131. The SMILES string of the molecule is CCCCc1ccc(NC(=O)/C=C/c2c(C)nn(C)c2C)cc1. The van der Waals surface area contributed by atoms with Crippen LogP contribution in [0.25, 0.3) is 6.08 Å². The first-order valence-electron chi connectivity index (χ1n) is 8.09. The number of hydrogen-bond acceptors (Lipinski definition) is 2. The number of unbranched alkanes of at least 4 members (excludes halogenated alkanes) is 1. The van der Waals surface area contributed by atoms with Crippen LogP contribution in [0.4, 0.5) is 5.69 Å². The summed E-state index contributed by atoms with van der Waals surface area (Å²) in [7, 11) is 1.90. The number of benzene rings is 1. The van der Waals surface area contributed by atoms with Crippen molar-refractivity contribution in [1.82, 2.24) is 9.78 Å². The summed E-state index contributed by atoms with van der Waals surface area (Å²) in [5.74, 6) is -0.131. The monoisotopic (exact) mass is 311 g/mol. The van der Waals surface area contributed by atoms with Crippen molar-refractivity contribution in [3.63, 3.8) is 0 Å². The Balaban J connectivity index is 1.97. The number of aromatic nitrogens is 2. The van der Waals surface area contributed by atoms with Crippen LogP contribution in [0.5, 0.6) is 0 Å². The minimum Gasteiger partial charge on any atom is -0.323 e. The van der Waals surface area contributed by atoms with Crippen molar-refractivity contribution in [3.05, 3.63) is 52.9 Å². The van der Waals surface area contributed by atoms with Crippen molar-refractivity contribution in [2.24, 2.45) is 7.05 Å². The smallest absolute Gasteiger partial charge is 0.248 e. The molecule has 1 aromatic carbocycles. The number of nitrogens with zero attached hydrogens (tertiary/aromatic N) is 2. The molecule has 1 aromatic heterocycles. The second kappa shape index (κ2) is 7.77. The van der Waals surface area contributed by atoms with Crippen molar-refractivity contribution in [1.29, 1.82) is 0 Å². The van der Waals surface area contributed by atoms with E-state index in [1.54, 1.807) is 6.08 Å². The van der Waals surface area contributed by atoms with E-state index in [0.717, 1.165) is 29.1 Å². The van der Waals surface area contributed by atoms with E-state index in [-0.39, 0.29) is 5.91 Å². The van der Waals surface area contributed by atoms with Crippen LogP contribution < -0.4 is 5.32 Å². The third-order valence-electron chi connectivity index (χ3n) is 4.01. The van der Waals surface area contributed by atoms with E-state index >= 15 is 0 Å². The molecular formula is C19H25N3O. The normalized spacial score (nSPS) is 11.1. The Hall–Kier alpha value is -2.36. The van der Waals surface area contributed by atoms with E-state index < -0.39 is 0 Å². The lowest BCUT2D eigenvalue weighted by Crippen LogP contribution is -2.07. The first-order chi connectivity index (χ1) is 11.0. The molecule has 4 heteroatoms. The van der Waals surface area contributed by atoms with Crippen LogP contribution in [-0.2, 0) is 18.3 Å². The van der Waals surface area contributed by atoms with Crippen LogP contribution >= 0.6 is 0 Å². The Bertz CT molecular complexity index is 696. The van der Waals surface area contributed by atoms with Gasteiger partial charge in [-0.05, 0) is 50.5 Å². The molecule has 0 radical (unpaired) electrons. The lowest BCUT2D eigenvalue weighted by atomic mass is 10.1. The number of hydrogen-bond donors (Lipinski definition) is 1. The number of carbonyl (C=O) groups is 1. The topological polar surface area (TPSA) is 46.9 Å². The van der Waals surface area contributed by atoms with Gasteiger partial charge in [-0.2, -0.15) is 5.10 Å². The molecular weight excluding hydrogens is 286 g/mol. The van der Waals surface area contributed by atoms with E-state index in [2.05, 4.69) is 29.5 Å². The standard InChI is InChI=1S/C19H25N3O/c1-5-6-7-16-8-10-17(11-9-16)20-19(23)13-12-18-14(2)21-22(4)15(18)3/h8-13H,5-7H2,1-4H3,(H,20,23)/b13-12+. The molecule has 0 saturated heterocycles. The highest BCUT2D eigenvalue weighted by atomic mass is 16.1. The molecule has 0 saturated carbocycles. The highest BCUT2D eigenvalue weighted by Crippen LogP contribution is 2.15. The predicted octanol–water partition coefficient (Wildman–Crippen LogP) is 4.03. The maximum absolute atomic E-state index is 12.0. The molecule has 0 bridgehead atoms. The zero-order chi connectivity index (χ0) is 16.8. The summed E-state index contributed by atoms with van der Waals surface area (Å²) in [5.41, 5.74) is 5.10. The fraction of sp³-hybridized carbons (Fsp3) is 0.368. The van der Waals surface area contributed by atoms with Gasteiger partial charge in [0.2, 0.25) is 5.91 Å². The Morgan fingerprint density at radius 2 is 1.96 bits per heavy atom. The maximum atomic E-state index is 12.0. The van der Waals surface area contributed by atoms with Gasteiger partial charge in [0, 0.05) is 30.1 Å².